The van der Waals surface area contributed by atoms with Crippen LogP contribution in [-0.4, -0.2) is 73.4 Å². The molecule has 0 aliphatic heterocycles. The zero-order valence-corrected chi connectivity index (χ0v) is 37.8. The lowest BCUT2D eigenvalue weighted by atomic mass is 10.0. The van der Waals surface area contributed by atoms with Gasteiger partial charge in [-0.3, -0.25) is 13.8 Å². The molecule has 0 bridgehead atoms. The number of hydrogen-bond acceptors (Lipinski definition) is 5. The summed E-state index contributed by atoms with van der Waals surface area (Å²) in [5, 5.41) is 13.8. The molecular formula is C46H92N2O6P+. The molecule has 9 heteroatoms. The number of allylic oxidation sites excluding steroid dienone is 3. The molecule has 0 spiro atoms. The van der Waals surface area contributed by atoms with E-state index in [1.54, 1.807) is 6.08 Å². The number of hydrogen-bond donors (Lipinski definition) is 3. The summed E-state index contributed by atoms with van der Waals surface area (Å²) in [7, 11) is 1.57. The molecule has 0 saturated carbocycles. The maximum absolute atomic E-state index is 12.9. The van der Waals surface area contributed by atoms with Crippen LogP contribution in [0.3, 0.4) is 0 Å². The average Bonchev–Trinajstić information content (AvgIpc) is 3.13. The number of carbonyl (C=O) groups excluding carboxylic acids is 1. The molecule has 326 valence electrons. The molecule has 0 aromatic heterocycles. The van der Waals surface area contributed by atoms with E-state index in [1.807, 2.05) is 27.2 Å². The molecule has 0 aliphatic rings. The Hall–Kier alpha value is -1.02. The van der Waals surface area contributed by atoms with Crippen molar-refractivity contribution < 1.29 is 32.9 Å². The van der Waals surface area contributed by atoms with E-state index in [2.05, 4.69) is 31.3 Å². The summed E-state index contributed by atoms with van der Waals surface area (Å²) >= 11 is 0. The quantitative estimate of drug-likeness (QED) is 0.0246. The lowest BCUT2D eigenvalue weighted by Gasteiger charge is -2.25. The molecule has 3 unspecified atom stereocenters. The van der Waals surface area contributed by atoms with Crippen molar-refractivity contribution >= 4 is 13.7 Å². The van der Waals surface area contributed by atoms with Crippen LogP contribution in [-0.2, 0) is 18.4 Å². The number of aliphatic hydroxyl groups is 1. The third-order valence-corrected chi connectivity index (χ3v) is 11.4. The Morgan fingerprint density at radius 1 is 0.600 bits per heavy atom. The molecule has 3 N–H and O–H groups in total. The minimum atomic E-state index is -4.33. The largest absolute Gasteiger partial charge is 0.472 e. The molecule has 0 rings (SSSR count). The van der Waals surface area contributed by atoms with Crippen LogP contribution in [0, 0.1) is 0 Å². The highest BCUT2D eigenvalue weighted by atomic mass is 31.2. The number of phosphoric ester groups is 1. The Morgan fingerprint density at radius 2 is 0.982 bits per heavy atom. The second-order valence-electron chi connectivity index (χ2n) is 17.1. The topological polar surface area (TPSA) is 105 Å². The highest BCUT2D eigenvalue weighted by molar-refractivity contribution is 7.47. The van der Waals surface area contributed by atoms with Gasteiger partial charge in [-0.15, -0.1) is 0 Å². The molecule has 0 saturated heterocycles. The van der Waals surface area contributed by atoms with E-state index in [1.165, 1.54) is 154 Å². The van der Waals surface area contributed by atoms with Crippen molar-refractivity contribution in [1.29, 1.82) is 0 Å². The third kappa shape index (κ3) is 41.0. The summed E-state index contributed by atoms with van der Waals surface area (Å²) in [6.45, 7) is 4.81. The Bertz CT molecular complexity index is 953. The van der Waals surface area contributed by atoms with Gasteiger partial charge in [0.2, 0.25) is 5.91 Å². The fraction of sp³-hybridized carbons (Fsp3) is 0.891. The van der Waals surface area contributed by atoms with Crippen molar-refractivity contribution in [2.75, 3.05) is 40.9 Å². The lowest BCUT2D eigenvalue weighted by molar-refractivity contribution is -0.870. The van der Waals surface area contributed by atoms with E-state index in [9.17, 15) is 19.4 Å². The maximum atomic E-state index is 12.9. The molecular weight excluding hydrogens is 707 g/mol. The Labute approximate surface area is 341 Å². The first kappa shape index (κ1) is 54.0. The highest BCUT2D eigenvalue weighted by Gasteiger charge is 2.27. The van der Waals surface area contributed by atoms with Crippen molar-refractivity contribution in [3.05, 3.63) is 24.3 Å². The first-order valence-corrected chi connectivity index (χ1v) is 24.7. The van der Waals surface area contributed by atoms with E-state index in [0.717, 1.165) is 38.5 Å². The molecule has 1 amide bonds. The van der Waals surface area contributed by atoms with Crippen LogP contribution < -0.4 is 5.32 Å². The van der Waals surface area contributed by atoms with E-state index in [0.29, 0.717) is 17.4 Å². The molecule has 8 nitrogen and oxygen atoms in total. The highest BCUT2D eigenvalue weighted by Crippen LogP contribution is 2.43. The zero-order chi connectivity index (χ0) is 40.7. The number of nitrogens with one attached hydrogen (secondary N) is 1. The molecule has 0 heterocycles. The van der Waals surface area contributed by atoms with Gasteiger partial charge in [-0.2, -0.15) is 0 Å². The number of likely N-dealkylation sites (N-methyl/N-ethyl adjacent to an activating group) is 1. The molecule has 0 aromatic carbocycles. The summed E-state index contributed by atoms with van der Waals surface area (Å²) in [5.74, 6) is -0.181. The molecule has 55 heavy (non-hydrogen) atoms. The summed E-state index contributed by atoms with van der Waals surface area (Å²) in [5.41, 5.74) is 0. The summed E-state index contributed by atoms with van der Waals surface area (Å²) < 4.78 is 23.5. The standard InChI is InChI=1S/C46H91N2O6P/c1-6-8-10-12-14-16-18-20-21-22-23-24-25-26-27-28-30-32-34-36-38-40-46(50)47-44(43-54-55(51,52)53-42-41-48(3,4)5)45(49)39-37-35-33-31-29-19-17-15-13-11-9-7-2/h24-25,37,39,44-45,49H,6-23,26-36,38,40-43H2,1-5H3,(H-,47,50,51,52)/p+1/b25-24-,39-37+. The van der Waals surface area contributed by atoms with Gasteiger partial charge in [0.05, 0.1) is 39.9 Å². The van der Waals surface area contributed by atoms with Gasteiger partial charge in [0.15, 0.2) is 0 Å². The van der Waals surface area contributed by atoms with Gasteiger partial charge in [0.25, 0.3) is 0 Å². The van der Waals surface area contributed by atoms with Crippen molar-refractivity contribution in [3.63, 3.8) is 0 Å². The van der Waals surface area contributed by atoms with Gasteiger partial charge in [-0.1, -0.05) is 186 Å². The van der Waals surface area contributed by atoms with Crippen LogP contribution in [0.2, 0.25) is 0 Å². The zero-order valence-electron chi connectivity index (χ0n) is 36.9. The molecule has 0 radical (unpaired) electrons. The van der Waals surface area contributed by atoms with Gasteiger partial charge in [-0.25, -0.2) is 4.57 Å². The van der Waals surface area contributed by atoms with Crippen molar-refractivity contribution in [3.8, 4) is 0 Å². The van der Waals surface area contributed by atoms with Gasteiger partial charge in [0, 0.05) is 6.42 Å². The second-order valence-corrected chi connectivity index (χ2v) is 18.6. The summed E-state index contributed by atoms with van der Waals surface area (Å²) in [6.07, 6.45) is 45.3. The number of aliphatic hydroxyl groups excluding tert-OH is 1. The number of carbonyl (C=O) groups is 1. The first-order chi connectivity index (χ1) is 26.5. The number of quaternary nitrogens is 1. The smallest absolute Gasteiger partial charge is 0.387 e. The monoisotopic (exact) mass is 800 g/mol. The van der Waals surface area contributed by atoms with Gasteiger partial charge in [-0.05, 0) is 44.9 Å². The van der Waals surface area contributed by atoms with E-state index in [-0.39, 0.29) is 19.1 Å². The maximum Gasteiger partial charge on any atom is 0.472 e. The summed E-state index contributed by atoms with van der Waals surface area (Å²) in [6, 6.07) is -0.845. The third-order valence-electron chi connectivity index (χ3n) is 10.4. The van der Waals surface area contributed by atoms with Gasteiger partial charge in [0.1, 0.15) is 13.2 Å². The number of amides is 1. The SMILES string of the molecule is CCCCCCCCCCCC/C=C\CCCCCCCCCC(=O)NC(COP(=O)(O)OCC[N+](C)(C)C)C(O)/C=C/CCCCCCCCCCCC. The van der Waals surface area contributed by atoms with Crippen LogP contribution in [0.15, 0.2) is 24.3 Å². The normalized spacial score (nSPS) is 14.5. The number of unbranched alkanes of at least 4 members (excludes halogenated alkanes) is 27. The Kier molecular flexibility index (Phi) is 37.8. The van der Waals surface area contributed by atoms with E-state index >= 15 is 0 Å². The Morgan fingerprint density at radius 3 is 1.40 bits per heavy atom. The van der Waals surface area contributed by atoms with Crippen molar-refractivity contribution in [2.24, 2.45) is 0 Å². The van der Waals surface area contributed by atoms with Crippen LogP contribution in [0.25, 0.3) is 0 Å². The van der Waals surface area contributed by atoms with E-state index < -0.39 is 20.0 Å². The van der Waals surface area contributed by atoms with Crippen molar-refractivity contribution in [2.45, 2.75) is 225 Å². The number of nitrogens with zero attached hydrogens (tertiary/aromatic N) is 1. The number of phosphoric acid groups is 1. The van der Waals surface area contributed by atoms with Crippen LogP contribution >= 0.6 is 7.82 Å². The molecule has 3 atom stereocenters. The lowest BCUT2D eigenvalue weighted by Crippen LogP contribution is -2.45. The van der Waals surface area contributed by atoms with Crippen molar-refractivity contribution in [1.82, 2.24) is 5.32 Å². The predicted molar refractivity (Wildman–Crippen MR) is 235 cm³/mol. The fourth-order valence-electron chi connectivity index (χ4n) is 6.68. The van der Waals surface area contributed by atoms with Crippen LogP contribution in [0.5, 0.6) is 0 Å². The van der Waals surface area contributed by atoms with Gasteiger partial charge >= 0.3 is 7.82 Å². The minimum absolute atomic E-state index is 0.0616. The predicted octanol–water partition coefficient (Wildman–Crippen LogP) is 12.9. The molecule has 0 aromatic rings. The summed E-state index contributed by atoms with van der Waals surface area (Å²) in [4.78, 5) is 23.1. The van der Waals surface area contributed by atoms with Crippen LogP contribution in [0.1, 0.15) is 213 Å². The van der Waals surface area contributed by atoms with E-state index in [4.69, 9.17) is 9.05 Å². The Balaban J connectivity index is 4.31. The average molecular weight is 800 g/mol. The minimum Gasteiger partial charge on any atom is -0.387 e. The first-order valence-electron chi connectivity index (χ1n) is 23.2. The fourth-order valence-corrected chi connectivity index (χ4v) is 7.42. The molecule has 0 fully saturated rings. The second kappa shape index (κ2) is 38.5. The number of rotatable bonds is 42. The molecule has 0 aliphatic carbocycles. The van der Waals surface area contributed by atoms with Crippen LogP contribution in [0.4, 0.5) is 0 Å². The van der Waals surface area contributed by atoms with Gasteiger partial charge < -0.3 is 19.8 Å².